The standard InChI is InChI=1S/C11H16ClNO4S/c1-9-10(12)3-2-4-11(9)18(15,16)13-5-7-17-8-6-14/h2-4,13-14H,5-8H2,1H3. The predicted octanol–water partition coefficient (Wildman–Crippen LogP) is 0.936. The highest BCUT2D eigenvalue weighted by atomic mass is 35.5. The highest BCUT2D eigenvalue weighted by molar-refractivity contribution is 7.89. The SMILES string of the molecule is Cc1c(Cl)cccc1S(=O)(=O)NCCOCCO. The average Bonchev–Trinajstić information content (AvgIpc) is 2.32. The molecule has 0 unspecified atom stereocenters. The first-order valence-corrected chi connectivity index (χ1v) is 7.28. The van der Waals surface area contributed by atoms with E-state index in [2.05, 4.69) is 4.72 Å². The van der Waals surface area contributed by atoms with Crippen molar-refractivity contribution < 1.29 is 18.3 Å². The zero-order chi connectivity index (χ0) is 13.6. The number of nitrogens with one attached hydrogen (secondary N) is 1. The quantitative estimate of drug-likeness (QED) is 0.734. The summed E-state index contributed by atoms with van der Waals surface area (Å²) in [4.78, 5) is 0.164. The molecular formula is C11H16ClNO4S. The molecule has 1 aromatic carbocycles. The minimum Gasteiger partial charge on any atom is -0.394 e. The Morgan fingerprint density at radius 2 is 2.11 bits per heavy atom. The summed E-state index contributed by atoms with van der Waals surface area (Å²) < 4.78 is 31.3. The van der Waals surface area contributed by atoms with Crippen LogP contribution in [0.2, 0.25) is 5.02 Å². The second-order valence-electron chi connectivity index (χ2n) is 3.60. The molecule has 0 bridgehead atoms. The van der Waals surface area contributed by atoms with Crippen molar-refractivity contribution in [2.75, 3.05) is 26.4 Å². The fourth-order valence-corrected chi connectivity index (χ4v) is 2.88. The summed E-state index contributed by atoms with van der Waals surface area (Å²) in [6.07, 6.45) is 0. The van der Waals surface area contributed by atoms with Gasteiger partial charge in [0, 0.05) is 11.6 Å². The van der Waals surface area contributed by atoms with Crippen LogP contribution in [-0.2, 0) is 14.8 Å². The van der Waals surface area contributed by atoms with Crippen LogP contribution < -0.4 is 4.72 Å². The molecule has 102 valence electrons. The number of benzene rings is 1. The molecule has 0 saturated carbocycles. The summed E-state index contributed by atoms with van der Waals surface area (Å²) in [6.45, 7) is 2.12. The summed E-state index contributed by atoms with van der Waals surface area (Å²) >= 11 is 5.88. The van der Waals surface area contributed by atoms with Crippen molar-refractivity contribution in [1.82, 2.24) is 4.72 Å². The molecule has 2 N–H and O–H groups in total. The molecule has 0 radical (unpaired) electrons. The Morgan fingerprint density at radius 1 is 1.39 bits per heavy atom. The fraction of sp³-hybridized carbons (Fsp3) is 0.455. The topological polar surface area (TPSA) is 75.6 Å². The van der Waals surface area contributed by atoms with E-state index in [1.807, 2.05) is 0 Å². The maximum Gasteiger partial charge on any atom is 0.240 e. The van der Waals surface area contributed by atoms with Crippen LogP contribution in [-0.4, -0.2) is 39.9 Å². The molecular weight excluding hydrogens is 278 g/mol. The van der Waals surface area contributed by atoms with Crippen LogP contribution in [0.3, 0.4) is 0 Å². The molecule has 18 heavy (non-hydrogen) atoms. The number of ether oxygens (including phenoxy) is 1. The van der Waals surface area contributed by atoms with E-state index in [9.17, 15) is 8.42 Å². The third-order valence-corrected chi connectivity index (χ3v) is 4.30. The Kier molecular flexibility index (Phi) is 6.04. The molecule has 5 nitrogen and oxygen atoms in total. The molecule has 0 fully saturated rings. The maximum absolute atomic E-state index is 12.0. The zero-order valence-electron chi connectivity index (χ0n) is 10.0. The van der Waals surface area contributed by atoms with Gasteiger partial charge in [0.1, 0.15) is 0 Å². The van der Waals surface area contributed by atoms with Gasteiger partial charge in [0.25, 0.3) is 0 Å². The first-order valence-electron chi connectivity index (χ1n) is 5.42. The van der Waals surface area contributed by atoms with E-state index in [0.717, 1.165) is 0 Å². The summed E-state index contributed by atoms with van der Waals surface area (Å²) in [5, 5.41) is 8.90. The van der Waals surface area contributed by atoms with Crippen molar-refractivity contribution in [2.45, 2.75) is 11.8 Å². The van der Waals surface area contributed by atoms with Crippen LogP contribution in [0.25, 0.3) is 0 Å². The summed E-state index contributed by atoms with van der Waals surface area (Å²) in [7, 11) is -3.58. The van der Waals surface area contributed by atoms with E-state index < -0.39 is 10.0 Å². The first-order chi connectivity index (χ1) is 8.49. The maximum atomic E-state index is 12.0. The number of aliphatic hydroxyl groups is 1. The largest absolute Gasteiger partial charge is 0.394 e. The van der Waals surface area contributed by atoms with Crippen molar-refractivity contribution in [1.29, 1.82) is 0 Å². The minimum atomic E-state index is -3.58. The van der Waals surface area contributed by atoms with Crippen LogP contribution >= 0.6 is 11.6 Å². The van der Waals surface area contributed by atoms with Gasteiger partial charge in [-0.05, 0) is 24.6 Å². The predicted molar refractivity (Wildman–Crippen MR) is 69.3 cm³/mol. The summed E-state index contributed by atoms with van der Waals surface area (Å²) in [5.41, 5.74) is 0.517. The third-order valence-electron chi connectivity index (χ3n) is 2.28. The van der Waals surface area contributed by atoms with Crippen LogP contribution in [0.15, 0.2) is 23.1 Å². The minimum absolute atomic E-state index is 0.0832. The molecule has 0 spiro atoms. The second kappa shape index (κ2) is 7.06. The Balaban J connectivity index is 2.66. The fourth-order valence-electron chi connectivity index (χ4n) is 1.37. The van der Waals surface area contributed by atoms with Gasteiger partial charge in [0.15, 0.2) is 0 Å². The van der Waals surface area contributed by atoms with Gasteiger partial charge in [-0.3, -0.25) is 0 Å². The normalized spacial score (nSPS) is 11.7. The van der Waals surface area contributed by atoms with Crippen molar-refractivity contribution in [2.24, 2.45) is 0 Å². The van der Waals surface area contributed by atoms with E-state index in [4.69, 9.17) is 21.4 Å². The molecule has 0 atom stereocenters. The van der Waals surface area contributed by atoms with E-state index >= 15 is 0 Å². The van der Waals surface area contributed by atoms with Gasteiger partial charge in [-0.2, -0.15) is 0 Å². The molecule has 0 aliphatic rings. The Bertz CT molecular complexity index is 490. The van der Waals surface area contributed by atoms with E-state index in [1.165, 1.54) is 6.07 Å². The zero-order valence-corrected chi connectivity index (χ0v) is 11.6. The smallest absolute Gasteiger partial charge is 0.240 e. The lowest BCUT2D eigenvalue weighted by Gasteiger charge is -2.10. The molecule has 7 heteroatoms. The van der Waals surface area contributed by atoms with Crippen LogP contribution in [0.1, 0.15) is 5.56 Å². The molecule has 0 saturated heterocycles. The number of hydrogen-bond acceptors (Lipinski definition) is 4. The van der Waals surface area contributed by atoms with E-state index in [0.29, 0.717) is 10.6 Å². The highest BCUT2D eigenvalue weighted by Crippen LogP contribution is 2.22. The van der Waals surface area contributed by atoms with Gasteiger partial charge in [-0.1, -0.05) is 17.7 Å². The van der Waals surface area contributed by atoms with E-state index in [-0.39, 0.29) is 31.3 Å². The van der Waals surface area contributed by atoms with Gasteiger partial charge in [0.2, 0.25) is 10.0 Å². The van der Waals surface area contributed by atoms with E-state index in [1.54, 1.807) is 19.1 Å². The van der Waals surface area contributed by atoms with Crippen LogP contribution in [0.4, 0.5) is 0 Å². The number of sulfonamides is 1. The number of aliphatic hydroxyl groups excluding tert-OH is 1. The lowest BCUT2D eigenvalue weighted by Crippen LogP contribution is -2.28. The van der Waals surface area contributed by atoms with Crippen LogP contribution in [0.5, 0.6) is 0 Å². The van der Waals surface area contributed by atoms with Gasteiger partial charge >= 0.3 is 0 Å². The third kappa shape index (κ3) is 4.22. The lowest BCUT2D eigenvalue weighted by molar-refractivity contribution is 0.0961. The van der Waals surface area contributed by atoms with Crippen molar-refractivity contribution in [3.05, 3.63) is 28.8 Å². The van der Waals surface area contributed by atoms with Gasteiger partial charge < -0.3 is 9.84 Å². The molecule has 0 aromatic heterocycles. The molecule has 0 amide bonds. The summed E-state index contributed by atoms with van der Waals surface area (Å²) in [5.74, 6) is 0. The Labute approximate surface area is 112 Å². The molecule has 1 rings (SSSR count). The van der Waals surface area contributed by atoms with Crippen molar-refractivity contribution in [3.63, 3.8) is 0 Å². The van der Waals surface area contributed by atoms with Crippen molar-refractivity contribution in [3.8, 4) is 0 Å². The number of hydrogen-bond donors (Lipinski definition) is 2. The lowest BCUT2D eigenvalue weighted by atomic mass is 10.2. The molecule has 0 heterocycles. The van der Waals surface area contributed by atoms with Gasteiger partial charge in [-0.25, -0.2) is 13.1 Å². The highest BCUT2D eigenvalue weighted by Gasteiger charge is 2.17. The monoisotopic (exact) mass is 293 g/mol. The molecule has 0 aliphatic carbocycles. The number of rotatable bonds is 7. The molecule has 0 aliphatic heterocycles. The van der Waals surface area contributed by atoms with Crippen LogP contribution in [0, 0.1) is 6.92 Å². The molecule has 1 aromatic rings. The first kappa shape index (κ1) is 15.4. The summed E-state index contributed by atoms with van der Waals surface area (Å²) in [6, 6.07) is 4.73. The van der Waals surface area contributed by atoms with Gasteiger partial charge in [0.05, 0.1) is 24.7 Å². The Morgan fingerprint density at radius 3 is 2.78 bits per heavy atom. The average molecular weight is 294 g/mol. The Hall–Kier alpha value is -0.660. The number of halogens is 1. The second-order valence-corrected chi connectivity index (χ2v) is 5.74. The van der Waals surface area contributed by atoms with Crippen molar-refractivity contribution >= 4 is 21.6 Å². The van der Waals surface area contributed by atoms with Gasteiger partial charge in [-0.15, -0.1) is 0 Å².